The fraction of sp³-hybridized carbons (Fsp3) is 0.120. The molecule has 0 spiro atoms. The molecule has 0 radical (unpaired) electrons. The molecule has 0 unspecified atom stereocenters. The van der Waals surface area contributed by atoms with E-state index in [4.69, 9.17) is 0 Å². The van der Waals surface area contributed by atoms with Gasteiger partial charge in [-0.3, -0.25) is 15.0 Å². The molecule has 2 atom stereocenters. The summed E-state index contributed by atoms with van der Waals surface area (Å²) in [6.45, 7) is 0. The minimum Gasteiger partial charge on any atom is -0.279 e. The Morgan fingerprint density at radius 2 is 1.28 bits per heavy atom. The van der Waals surface area contributed by atoms with Crippen LogP contribution in [0.1, 0.15) is 23.2 Å². The van der Waals surface area contributed by atoms with Crippen molar-refractivity contribution in [2.75, 3.05) is 7.05 Å². The Labute approximate surface area is 168 Å². The van der Waals surface area contributed by atoms with Gasteiger partial charge in [-0.1, -0.05) is 84.9 Å². The summed E-state index contributed by atoms with van der Waals surface area (Å²) in [6.07, 6.45) is 1.81. The number of rotatable bonds is 3. The molecule has 0 N–H and O–H groups in total. The van der Waals surface area contributed by atoms with Crippen LogP contribution >= 0.6 is 0 Å². The first-order valence-electron chi connectivity index (χ1n) is 9.68. The van der Waals surface area contributed by atoms with Crippen LogP contribution in [0.3, 0.4) is 0 Å². The Bertz CT molecular complexity index is 1270. The second-order valence-electron chi connectivity index (χ2n) is 7.50. The Balaban J connectivity index is 1.69. The monoisotopic (exact) mass is 380 g/mol. The van der Waals surface area contributed by atoms with Crippen LogP contribution < -0.4 is 0 Å². The molecule has 4 heteroatoms. The molecule has 0 aliphatic carbocycles. The first kappa shape index (κ1) is 17.6. The van der Waals surface area contributed by atoms with E-state index < -0.39 is 6.04 Å². The third-order valence-electron chi connectivity index (χ3n) is 5.93. The van der Waals surface area contributed by atoms with Crippen molar-refractivity contribution in [3.8, 4) is 0 Å². The third kappa shape index (κ3) is 2.80. The van der Waals surface area contributed by atoms with Crippen molar-refractivity contribution in [3.05, 3.63) is 118 Å². The largest absolute Gasteiger partial charge is 0.279 e. The molecule has 4 aromatic carbocycles. The van der Waals surface area contributed by atoms with E-state index in [0.717, 1.165) is 32.7 Å². The van der Waals surface area contributed by atoms with Crippen LogP contribution in [-0.4, -0.2) is 16.9 Å². The van der Waals surface area contributed by atoms with Gasteiger partial charge < -0.3 is 0 Å². The van der Waals surface area contributed by atoms with Crippen molar-refractivity contribution in [2.24, 2.45) is 0 Å². The molecule has 0 amide bonds. The summed E-state index contributed by atoms with van der Waals surface area (Å²) in [7, 11) is 1.98. The second-order valence-corrected chi connectivity index (χ2v) is 7.50. The lowest BCUT2D eigenvalue weighted by molar-refractivity contribution is -0.431. The fourth-order valence-corrected chi connectivity index (χ4v) is 4.59. The number of fused-ring (bicyclic) bond motifs is 2. The Kier molecular flexibility index (Phi) is 4.14. The van der Waals surface area contributed by atoms with Crippen LogP contribution in [0.15, 0.2) is 96.7 Å². The Morgan fingerprint density at radius 1 is 0.759 bits per heavy atom. The number of hydrogen-bond donors (Lipinski definition) is 0. The topological polar surface area (TPSA) is 46.4 Å². The summed E-state index contributed by atoms with van der Waals surface area (Å²) in [4.78, 5) is 13.9. The van der Waals surface area contributed by atoms with Gasteiger partial charge in [-0.15, -0.1) is 0 Å². The summed E-state index contributed by atoms with van der Waals surface area (Å²) in [5, 5.41) is 16.4. The zero-order valence-electron chi connectivity index (χ0n) is 16.0. The lowest BCUT2D eigenvalue weighted by atomic mass is 9.97. The van der Waals surface area contributed by atoms with Crippen LogP contribution in [0.2, 0.25) is 0 Å². The molecule has 142 valence electrons. The lowest BCUT2D eigenvalue weighted by Gasteiger charge is -2.27. The first-order valence-corrected chi connectivity index (χ1v) is 9.68. The van der Waals surface area contributed by atoms with E-state index in [-0.39, 0.29) is 16.7 Å². The molecule has 1 heterocycles. The highest BCUT2D eigenvalue weighted by molar-refractivity contribution is 5.88. The molecule has 29 heavy (non-hydrogen) atoms. The van der Waals surface area contributed by atoms with Gasteiger partial charge in [-0.25, -0.2) is 0 Å². The van der Waals surface area contributed by atoms with Crippen LogP contribution in [0.5, 0.6) is 0 Å². The maximum absolute atomic E-state index is 12.0. The number of hydrogen-bond acceptors (Lipinski definition) is 3. The van der Waals surface area contributed by atoms with E-state index >= 15 is 0 Å². The van der Waals surface area contributed by atoms with Crippen molar-refractivity contribution in [1.29, 1.82) is 0 Å². The average Bonchev–Trinajstić information content (AvgIpc) is 3.10. The van der Waals surface area contributed by atoms with E-state index in [1.807, 2.05) is 73.8 Å². The minimum absolute atomic E-state index is 0.162. The highest BCUT2D eigenvalue weighted by atomic mass is 16.6. The Morgan fingerprint density at radius 3 is 1.90 bits per heavy atom. The molecule has 4 aromatic rings. The predicted molar refractivity (Wildman–Crippen MR) is 116 cm³/mol. The van der Waals surface area contributed by atoms with Gasteiger partial charge in [0, 0.05) is 6.08 Å². The van der Waals surface area contributed by atoms with Gasteiger partial charge in [-0.05, 0) is 39.7 Å². The molecular weight excluding hydrogens is 360 g/mol. The second kappa shape index (κ2) is 6.83. The zero-order chi connectivity index (χ0) is 20.0. The maximum Gasteiger partial charge on any atom is 0.265 e. The summed E-state index contributed by atoms with van der Waals surface area (Å²) in [5.74, 6) is 0. The van der Waals surface area contributed by atoms with Gasteiger partial charge in [0.05, 0.1) is 11.0 Å². The third-order valence-corrected chi connectivity index (χ3v) is 5.93. The van der Waals surface area contributed by atoms with Gasteiger partial charge in [0.25, 0.3) is 5.70 Å². The summed E-state index contributed by atoms with van der Waals surface area (Å²) < 4.78 is 0. The van der Waals surface area contributed by atoms with Gasteiger partial charge in [0.15, 0.2) is 0 Å². The summed E-state index contributed by atoms with van der Waals surface area (Å²) in [5.41, 5.74) is 2.30. The highest BCUT2D eigenvalue weighted by Crippen LogP contribution is 2.45. The predicted octanol–water partition coefficient (Wildman–Crippen LogP) is 5.88. The quantitative estimate of drug-likeness (QED) is 0.329. The van der Waals surface area contributed by atoms with Gasteiger partial charge in [-0.2, -0.15) is 0 Å². The molecule has 5 rings (SSSR count). The van der Waals surface area contributed by atoms with Crippen LogP contribution in [0.4, 0.5) is 0 Å². The van der Waals surface area contributed by atoms with Crippen molar-refractivity contribution < 1.29 is 4.92 Å². The van der Waals surface area contributed by atoms with Crippen molar-refractivity contribution >= 4 is 21.5 Å². The molecular formula is C25H20N2O2. The van der Waals surface area contributed by atoms with Crippen LogP contribution in [0, 0.1) is 10.1 Å². The molecule has 0 fully saturated rings. The van der Waals surface area contributed by atoms with Crippen LogP contribution in [-0.2, 0) is 0 Å². The van der Waals surface area contributed by atoms with Crippen molar-refractivity contribution in [2.45, 2.75) is 12.1 Å². The molecule has 0 aromatic heterocycles. The van der Waals surface area contributed by atoms with Crippen molar-refractivity contribution in [1.82, 2.24) is 4.90 Å². The highest BCUT2D eigenvalue weighted by Gasteiger charge is 2.42. The van der Waals surface area contributed by atoms with E-state index in [0.29, 0.717) is 0 Å². The van der Waals surface area contributed by atoms with E-state index in [1.54, 1.807) is 0 Å². The van der Waals surface area contributed by atoms with Gasteiger partial charge in [0.1, 0.15) is 6.04 Å². The molecule has 4 nitrogen and oxygen atoms in total. The van der Waals surface area contributed by atoms with Gasteiger partial charge in [0.2, 0.25) is 0 Å². The van der Waals surface area contributed by atoms with E-state index in [9.17, 15) is 10.1 Å². The lowest BCUT2D eigenvalue weighted by Crippen LogP contribution is -2.25. The Hall–Kier alpha value is -3.50. The number of nitrogens with zero attached hydrogens (tertiary/aromatic N) is 2. The summed E-state index contributed by atoms with van der Waals surface area (Å²) >= 11 is 0. The maximum atomic E-state index is 12.0. The molecule has 0 saturated heterocycles. The number of benzene rings is 4. The van der Waals surface area contributed by atoms with Crippen LogP contribution in [0.25, 0.3) is 21.5 Å². The average molecular weight is 380 g/mol. The van der Waals surface area contributed by atoms with Gasteiger partial charge >= 0.3 is 0 Å². The minimum atomic E-state index is -0.403. The first-order chi connectivity index (χ1) is 14.1. The molecule has 0 bridgehead atoms. The van der Waals surface area contributed by atoms with E-state index in [2.05, 4.69) is 29.2 Å². The molecule has 1 aliphatic heterocycles. The normalized spacial score (nSPS) is 19.6. The van der Waals surface area contributed by atoms with E-state index in [1.165, 1.54) is 0 Å². The summed E-state index contributed by atoms with van der Waals surface area (Å²) in [6, 6.07) is 27.9. The molecule has 1 aliphatic rings. The number of nitro groups is 1. The smallest absolute Gasteiger partial charge is 0.265 e. The standard InChI is InChI=1S/C25H20N2O2/c1-26-23(21-14-6-10-17-8-2-4-12-19(17)21)16-24(27(28)29)25(26)22-15-7-11-18-9-3-5-13-20(18)22/h2-16,23,25H,1H3/t23-,25+/m0/s1. The number of likely N-dealkylation sites (N-methyl/N-ethyl adjacent to an activating group) is 1. The molecule has 0 saturated carbocycles. The SMILES string of the molecule is CN1[C@H](c2cccc3ccccc23)C=C([N+](=O)[O-])[C@H]1c1cccc2ccccc12. The fourth-order valence-electron chi connectivity index (χ4n) is 4.59. The van der Waals surface area contributed by atoms with Crippen molar-refractivity contribution in [3.63, 3.8) is 0 Å². The zero-order valence-corrected chi connectivity index (χ0v) is 16.0.